The predicted molar refractivity (Wildman–Crippen MR) is 37.1 cm³/mol. The van der Waals surface area contributed by atoms with Crippen LogP contribution in [0.3, 0.4) is 0 Å². The van der Waals surface area contributed by atoms with Gasteiger partial charge in [0.1, 0.15) is 0 Å². The summed E-state index contributed by atoms with van der Waals surface area (Å²) in [6.45, 7) is 4.55. The van der Waals surface area contributed by atoms with Gasteiger partial charge in [-0.15, -0.1) is 5.06 Å². The maximum Gasteiger partial charge on any atom is 0.330 e. The van der Waals surface area contributed by atoms with Crippen molar-refractivity contribution < 1.29 is 19.2 Å². The number of hydrogen-bond acceptors (Lipinski definition) is 4. The SMILES string of the molecule is [CH2-]C1CC(=O)N(OC(C)=O)C1=O. The highest BCUT2D eigenvalue weighted by molar-refractivity contribution is 6.03. The molecule has 0 radical (unpaired) electrons. The third-order valence-corrected chi connectivity index (χ3v) is 1.42. The molecular formula is C7H8NO4-. The topological polar surface area (TPSA) is 63.7 Å². The van der Waals surface area contributed by atoms with Crippen LogP contribution in [0.1, 0.15) is 13.3 Å². The maximum atomic E-state index is 11.0. The molecule has 1 unspecified atom stereocenters. The smallest absolute Gasteiger partial charge is 0.330 e. The molecule has 1 aliphatic heterocycles. The third-order valence-electron chi connectivity index (χ3n) is 1.42. The fourth-order valence-corrected chi connectivity index (χ4v) is 0.894. The average Bonchev–Trinajstić information content (AvgIpc) is 2.16. The summed E-state index contributed by atoms with van der Waals surface area (Å²) >= 11 is 0. The van der Waals surface area contributed by atoms with E-state index in [1.165, 1.54) is 0 Å². The van der Waals surface area contributed by atoms with Gasteiger partial charge in [0.05, 0.1) is 0 Å². The van der Waals surface area contributed by atoms with Crippen molar-refractivity contribution in [3.63, 3.8) is 0 Å². The van der Waals surface area contributed by atoms with E-state index in [1.807, 2.05) is 0 Å². The van der Waals surface area contributed by atoms with Gasteiger partial charge in [-0.1, -0.05) is 5.92 Å². The number of nitrogens with zero attached hydrogens (tertiary/aromatic N) is 1. The zero-order valence-corrected chi connectivity index (χ0v) is 6.57. The number of imide groups is 1. The predicted octanol–water partition coefficient (Wildman–Crippen LogP) is -0.326. The molecule has 0 aromatic carbocycles. The minimum Gasteiger partial charge on any atom is -0.331 e. The van der Waals surface area contributed by atoms with E-state index in [0.717, 1.165) is 6.92 Å². The highest BCUT2D eigenvalue weighted by atomic mass is 16.7. The molecule has 1 fully saturated rings. The second kappa shape index (κ2) is 2.92. The Bertz CT molecular complexity index is 248. The minimum atomic E-state index is -0.689. The summed E-state index contributed by atoms with van der Waals surface area (Å²) in [6.07, 6.45) is 0.00606. The molecule has 1 heterocycles. The number of rotatable bonds is 1. The minimum absolute atomic E-state index is 0.00606. The second-order valence-electron chi connectivity index (χ2n) is 2.51. The van der Waals surface area contributed by atoms with Crippen LogP contribution in [-0.2, 0) is 19.2 Å². The molecule has 12 heavy (non-hydrogen) atoms. The lowest BCUT2D eigenvalue weighted by molar-refractivity contribution is -0.196. The summed E-state index contributed by atoms with van der Waals surface area (Å²) < 4.78 is 0. The van der Waals surface area contributed by atoms with E-state index in [4.69, 9.17) is 0 Å². The summed E-state index contributed by atoms with van der Waals surface area (Å²) in [5.41, 5.74) is 0. The largest absolute Gasteiger partial charge is 0.331 e. The lowest BCUT2D eigenvalue weighted by atomic mass is 10.1. The summed E-state index contributed by atoms with van der Waals surface area (Å²) in [5, 5.41) is 0.472. The van der Waals surface area contributed by atoms with Gasteiger partial charge in [0, 0.05) is 13.3 Å². The first-order chi connectivity index (χ1) is 5.52. The number of hydrogen-bond donors (Lipinski definition) is 0. The van der Waals surface area contributed by atoms with Crippen molar-refractivity contribution in [1.82, 2.24) is 5.06 Å². The molecule has 0 N–H and O–H groups in total. The van der Waals surface area contributed by atoms with Gasteiger partial charge < -0.3 is 11.8 Å². The molecule has 1 rings (SSSR count). The second-order valence-corrected chi connectivity index (χ2v) is 2.51. The van der Waals surface area contributed by atoms with Crippen molar-refractivity contribution in [2.24, 2.45) is 5.92 Å². The van der Waals surface area contributed by atoms with Crippen molar-refractivity contribution >= 4 is 17.8 Å². The first-order valence-corrected chi connectivity index (χ1v) is 3.41. The zero-order valence-electron chi connectivity index (χ0n) is 6.57. The van der Waals surface area contributed by atoms with E-state index >= 15 is 0 Å². The van der Waals surface area contributed by atoms with E-state index in [2.05, 4.69) is 11.8 Å². The highest BCUT2D eigenvalue weighted by Crippen LogP contribution is 2.18. The third kappa shape index (κ3) is 1.44. The Kier molecular flexibility index (Phi) is 2.12. The Morgan fingerprint density at radius 3 is 2.58 bits per heavy atom. The molecule has 2 amide bonds. The highest BCUT2D eigenvalue weighted by Gasteiger charge is 2.34. The molecule has 1 saturated heterocycles. The number of carbonyl (C=O) groups is 3. The van der Waals surface area contributed by atoms with Gasteiger partial charge >= 0.3 is 5.97 Å². The zero-order chi connectivity index (χ0) is 9.30. The fraction of sp³-hybridized carbons (Fsp3) is 0.429. The molecule has 66 valence electrons. The first-order valence-electron chi connectivity index (χ1n) is 3.41. The lowest BCUT2D eigenvalue weighted by Gasteiger charge is -2.12. The van der Waals surface area contributed by atoms with Crippen LogP contribution in [0.2, 0.25) is 0 Å². The summed E-state index contributed by atoms with van der Waals surface area (Å²) in [7, 11) is 0. The summed E-state index contributed by atoms with van der Waals surface area (Å²) in [4.78, 5) is 36.7. The molecule has 5 heteroatoms. The van der Waals surface area contributed by atoms with Crippen molar-refractivity contribution in [1.29, 1.82) is 0 Å². The fourth-order valence-electron chi connectivity index (χ4n) is 0.894. The molecule has 0 spiro atoms. The van der Waals surface area contributed by atoms with Gasteiger partial charge in [-0.05, 0) is 0 Å². The molecule has 1 atom stereocenters. The standard InChI is InChI=1S/C7H8NO4/c1-4-3-6(10)8(7(4)11)12-5(2)9/h4H,1,3H2,2H3/q-1. The normalized spacial score (nSPS) is 23.2. The van der Waals surface area contributed by atoms with Crippen LogP contribution in [0.25, 0.3) is 0 Å². The van der Waals surface area contributed by atoms with Crippen LogP contribution in [0.15, 0.2) is 0 Å². The van der Waals surface area contributed by atoms with Crippen molar-refractivity contribution in [2.45, 2.75) is 13.3 Å². The van der Waals surface area contributed by atoms with Crippen LogP contribution < -0.4 is 0 Å². The van der Waals surface area contributed by atoms with Crippen LogP contribution in [0, 0.1) is 12.8 Å². The molecule has 0 aliphatic carbocycles. The van der Waals surface area contributed by atoms with E-state index in [-0.39, 0.29) is 6.42 Å². The Morgan fingerprint density at radius 2 is 2.25 bits per heavy atom. The van der Waals surface area contributed by atoms with E-state index in [9.17, 15) is 14.4 Å². The maximum absolute atomic E-state index is 11.0. The van der Waals surface area contributed by atoms with Gasteiger partial charge in [-0.3, -0.25) is 9.59 Å². The van der Waals surface area contributed by atoms with Gasteiger partial charge in [0.25, 0.3) is 5.91 Å². The Hall–Kier alpha value is -1.39. The average molecular weight is 170 g/mol. The number of hydroxylamine groups is 2. The van der Waals surface area contributed by atoms with Crippen molar-refractivity contribution in [3.8, 4) is 0 Å². The van der Waals surface area contributed by atoms with Gasteiger partial charge in [-0.25, -0.2) is 4.79 Å². The number of carbonyl (C=O) groups excluding carboxylic acids is 3. The van der Waals surface area contributed by atoms with Gasteiger partial charge in [-0.2, -0.15) is 0 Å². The molecule has 5 nitrogen and oxygen atoms in total. The Morgan fingerprint density at radius 1 is 1.67 bits per heavy atom. The summed E-state index contributed by atoms with van der Waals surface area (Å²) in [6, 6.07) is 0. The van der Waals surface area contributed by atoms with Gasteiger partial charge in [0.15, 0.2) is 0 Å². The van der Waals surface area contributed by atoms with Crippen molar-refractivity contribution in [3.05, 3.63) is 6.92 Å². The molecular weight excluding hydrogens is 162 g/mol. The molecule has 0 aromatic rings. The Balaban J connectivity index is 2.70. The quantitative estimate of drug-likeness (QED) is 0.399. The Labute approximate surface area is 69.2 Å². The summed E-state index contributed by atoms with van der Waals surface area (Å²) in [5.74, 6) is -2.40. The van der Waals surface area contributed by atoms with Gasteiger partial charge in [0.2, 0.25) is 5.91 Å². The first kappa shape index (κ1) is 8.70. The molecule has 1 aliphatic rings. The van der Waals surface area contributed by atoms with Crippen molar-refractivity contribution in [2.75, 3.05) is 0 Å². The van der Waals surface area contributed by atoms with Crippen LogP contribution in [-0.4, -0.2) is 22.8 Å². The van der Waals surface area contributed by atoms with E-state index in [1.54, 1.807) is 0 Å². The molecule has 0 bridgehead atoms. The van der Waals surface area contributed by atoms with E-state index in [0.29, 0.717) is 5.06 Å². The van der Waals surface area contributed by atoms with Crippen LogP contribution in [0.5, 0.6) is 0 Å². The monoisotopic (exact) mass is 170 g/mol. The molecule has 0 aromatic heterocycles. The van der Waals surface area contributed by atoms with Crippen LogP contribution in [0.4, 0.5) is 0 Å². The van der Waals surface area contributed by atoms with E-state index < -0.39 is 23.7 Å². The lowest BCUT2D eigenvalue weighted by Crippen LogP contribution is -2.32. The van der Waals surface area contributed by atoms with Crippen LogP contribution >= 0.6 is 0 Å². The number of amides is 2. The molecule has 0 saturated carbocycles.